The summed E-state index contributed by atoms with van der Waals surface area (Å²) in [6.45, 7) is 2.29. The van der Waals surface area contributed by atoms with Gasteiger partial charge in [-0.3, -0.25) is 0 Å². The van der Waals surface area contributed by atoms with Gasteiger partial charge in [-0.15, -0.1) is 11.3 Å². The molecule has 0 amide bonds. The Hall–Kier alpha value is -1.86. The number of benzene rings is 2. The number of hydrogen-bond donors (Lipinski definition) is 0. The fraction of sp³-hybridized carbons (Fsp3) is 0.304. The molecule has 0 nitrogen and oxygen atoms in total. The molecule has 0 aliphatic carbocycles. The minimum absolute atomic E-state index is 0.756. The van der Waals surface area contributed by atoms with E-state index in [2.05, 4.69) is 79.0 Å². The SMILES string of the molecule is CCCCC(Cc1ccc(-c2ccccc2)cc1)Cc1cccs1. The molecule has 0 bridgehead atoms. The molecule has 0 N–H and O–H groups in total. The van der Waals surface area contributed by atoms with E-state index < -0.39 is 0 Å². The van der Waals surface area contributed by atoms with Gasteiger partial charge in [0.25, 0.3) is 0 Å². The lowest BCUT2D eigenvalue weighted by atomic mass is 9.90. The Morgan fingerprint density at radius 2 is 1.54 bits per heavy atom. The van der Waals surface area contributed by atoms with Gasteiger partial charge in [0.2, 0.25) is 0 Å². The van der Waals surface area contributed by atoms with Crippen LogP contribution in [0.3, 0.4) is 0 Å². The minimum atomic E-state index is 0.756. The smallest absolute Gasteiger partial charge is 0.00480 e. The fourth-order valence-corrected chi connectivity index (χ4v) is 4.10. The lowest BCUT2D eigenvalue weighted by Crippen LogP contribution is -2.08. The number of rotatable bonds is 8. The normalized spacial score (nSPS) is 12.2. The number of unbranched alkanes of at least 4 members (excludes halogenated alkanes) is 1. The molecule has 0 saturated carbocycles. The topological polar surface area (TPSA) is 0 Å². The van der Waals surface area contributed by atoms with Gasteiger partial charge < -0.3 is 0 Å². The monoisotopic (exact) mass is 334 g/mol. The van der Waals surface area contributed by atoms with Crippen molar-refractivity contribution >= 4 is 11.3 Å². The Balaban J connectivity index is 1.67. The summed E-state index contributed by atoms with van der Waals surface area (Å²) >= 11 is 1.89. The maximum Gasteiger partial charge on any atom is 0.00480 e. The molecule has 2 aromatic carbocycles. The lowest BCUT2D eigenvalue weighted by Gasteiger charge is -2.16. The standard InChI is InChI=1S/C23H26S/c1-2-3-8-20(18-23-11-7-16-24-23)17-19-12-14-22(15-13-19)21-9-5-4-6-10-21/h4-7,9-16,20H,2-3,8,17-18H2,1H3. The molecular formula is C23H26S. The van der Waals surface area contributed by atoms with E-state index >= 15 is 0 Å². The Kier molecular flexibility index (Phi) is 6.26. The number of thiophene rings is 1. The second-order valence-corrected chi connectivity index (χ2v) is 7.59. The highest BCUT2D eigenvalue weighted by Crippen LogP contribution is 2.25. The highest BCUT2D eigenvalue weighted by Gasteiger charge is 2.11. The molecule has 0 fully saturated rings. The van der Waals surface area contributed by atoms with E-state index in [1.807, 2.05) is 11.3 Å². The van der Waals surface area contributed by atoms with E-state index in [1.165, 1.54) is 53.7 Å². The van der Waals surface area contributed by atoms with Crippen LogP contribution in [0.4, 0.5) is 0 Å². The highest BCUT2D eigenvalue weighted by molar-refractivity contribution is 7.09. The summed E-state index contributed by atoms with van der Waals surface area (Å²) in [7, 11) is 0. The molecule has 1 aromatic heterocycles. The first-order valence-electron chi connectivity index (χ1n) is 9.02. The first-order valence-corrected chi connectivity index (χ1v) is 9.90. The van der Waals surface area contributed by atoms with E-state index in [0.717, 1.165) is 5.92 Å². The van der Waals surface area contributed by atoms with Crippen molar-refractivity contribution in [3.05, 3.63) is 82.6 Å². The van der Waals surface area contributed by atoms with Crippen molar-refractivity contribution in [3.8, 4) is 11.1 Å². The van der Waals surface area contributed by atoms with Crippen LogP contribution < -0.4 is 0 Å². The molecule has 1 unspecified atom stereocenters. The first-order chi connectivity index (χ1) is 11.8. The summed E-state index contributed by atoms with van der Waals surface area (Å²) in [5.41, 5.74) is 4.07. The van der Waals surface area contributed by atoms with Gasteiger partial charge in [0.05, 0.1) is 0 Å². The van der Waals surface area contributed by atoms with E-state index in [1.54, 1.807) is 0 Å². The summed E-state index contributed by atoms with van der Waals surface area (Å²) in [4.78, 5) is 1.53. The Labute approximate surface area is 150 Å². The molecule has 0 spiro atoms. The molecule has 3 aromatic rings. The van der Waals surface area contributed by atoms with Crippen molar-refractivity contribution in [3.63, 3.8) is 0 Å². The summed E-state index contributed by atoms with van der Waals surface area (Å²) < 4.78 is 0. The van der Waals surface area contributed by atoms with Gasteiger partial charge in [-0.1, -0.05) is 80.4 Å². The largest absolute Gasteiger partial charge is 0.149 e. The number of hydrogen-bond acceptors (Lipinski definition) is 1. The quantitative estimate of drug-likeness (QED) is 0.416. The van der Waals surface area contributed by atoms with E-state index in [0.29, 0.717) is 0 Å². The maximum atomic E-state index is 2.32. The summed E-state index contributed by atoms with van der Waals surface area (Å²) in [5, 5.41) is 2.20. The average Bonchev–Trinajstić information content (AvgIpc) is 3.14. The van der Waals surface area contributed by atoms with Gasteiger partial charge in [-0.05, 0) is 53.3 Å². The van der Waals surface area contributed by atoms with Gasteiger partial charge in [-0.2, -0.15) is 0 Å². The molecule has 124 valence electrons. The van der Waals surface area contributed by atoms with Gasteiger partial charge in [0.1, 0.15) is 0 Å². The Bertz CT molecular complexity index is 696. The Morgan fingerprint density at radius 1 is 0.792 bits per heavy atom. The van der Waals surface area contributed by atoms with Crippen LogP contribution in [0.2, 0.25) is 0 Å². The predicted molar refractivity (Wildman–Crippen MR) is 107 cm³/mol. The van der Waals surface area contributed by atoms with Crippen LogP contribution in [0.25, 0.3) is 11.1 Å². The maximum absolute atomic E-state index is 2.32. The third kappa shape index (κ3) is 4.82. The summed E-state index contributed by atoms with van der Waals surface area (Å²) in [6, 6.07) is 24.3. The molecule has 1 heterocycles. The molecule has 0 radical (unpaired) electrons. The van der Waals surface area contributed by atoms with Gasteiger partial charge >= 0.3 is 0 Å². The predicted octanol–water partition coefficient (Wildman–Crippen LogP) is 7.01. The van der Waals surface area contributed by atoms with Gasteiger partial charge in [0.15, 0.2) is 0 Å². The van der Waals surface area contributed by atoms with Crippen LogP contribution in [0.1, 0.15) is 36.6 Å². The van der Waals surface area contributed by atoms with Crippen molar-refractivity contribution < 1.29 is 0 Å². The van der Waals surface area contributed by atoms with Gasteiger partial charge in [0, 0.05) is 4.88 Å². The Morgan fingerprint density at radius 3 is 2.21 bits per heavy atom. The summed E-state index contributed by atoms with van der Waals surface area (Å²) in [5.74, 6) is 0.756. The third-order valence-corrected chi connectivity index (χ3v) is 5.52. The van der Waals surface area contributed by atoms with Crippen LogP contribution in [-0.4, -0.2) is 0 Å². The zero-order valence-electron chi connectivity index (χ0n) is 14.4. The molecule has 1 heteroatoms. The van der Waals surface area contributed by atoms with Crippen molar-refractivity contribution in [2.45, 2.75) is 39.0 Å². The molecule has 0 aliphatic heterocycles. The fourth-order valence-electron chi connectivity index (χ4n) is 3.28. The second-order valence-electron chi connectivity index (χ2n) is 6.56. The zero-order valence-corrected chi connectivity index (χ0v) is 15.3. The molecular weight excluding hydrogens is 308 g/mol. The van der Waals surface area contributed by atoms with Crippen LogP contribution in [-0.2, 0) is 12.8 Å². The van der Waals surface area contributed by atoms with Crippen LogP contribution in [0.5, 0.6) is 0 Å². The van der Waals surface area contributed by atoms with E-state index in [-0.39, 0.29) is 0 Å². The average molecular weight is 335 g/mol. The van der Waals surface area contributed by atoms with E-state index in [9.17, 15) is 0 Å². The molecule has 3 rings (SSSR count). The minimum Gasteiger partial charge on any atom is -0.149 e. The molecule has 24 heavy (non-hydrogen) atoms. The summed E-state index contributed by atoms with van der Waals surface area (Å²) in [6.07, 6.45) is 6.35. The molecule has 0 saturated heterocycles. The molecule has 1 atom stereocenters. The molecule has 0 aliphatic rings. The van der Waals surface area contributed by atoms with Crippen LogP contribution >= 0.6 is 11.3 Å². The van der Waals surface area contributed by atoms with Crippen molar-refractivity contribution in [2.75, 3.05) is 0 Å². The zero-order chi connectivity index (χ0) is 16.6. The van der Waals surface area contributed by atoms with E-state index in [4.69, 9.17) is 0 Å². The highest BCUT2D eigenvalue weighted by atomic mass is 32.1. The van der Waals surface area contributed by atoms with Crippen molar-refractivity contribution in [1.82, 2.24) is 0 Å². The van der Waals surface area contributed by atoms with Crippen molar-refractivity contribution in [1.29, 1.82) is 0 Å². The van der Waals surface area contributed by atoms with Crippen LogP contribution in [0, 0.1) is 5.92 Å². The first kappa shape index (κ1) is 17.0. The third-order valence-electron chi connectivity index (χ3n) is 4.62. The van der Waals surface area contributed by atoms with Crippen LogP contribution in [0.15, 0.2) is 72.1 Å². The van der Waals surface area contributed by atoms with Gasteiger partial charge in [-0.25, -0.2) is 0 Å². The second kappa shape index (κ2) is 8.84. The lowest BCUT2D eigenvalue weighted by molar-refractivity contribution is 0.463. The van der Waals surface area contributed by atoms with Crippen molar-refractivity contribution in [2.24, 2.45) is 5.92 Å².